The number of benzene rings is 2. The van der Waals surface area contributed by atoms with Crippen LogP contribution < -0.4 is 16.0 Å². The molecule has 0 aromatic heterocycles. The number of nitrogens with one attached hydrogen (secondary N) is 3. The third-order valence-electron chi connectivity index (χ3n) is 5.67. The number of hydrogen-bond acceptors (Lipinski definition) is 3. The van der Waals surface area contributed by atoms with Crippen LogP contribution in [0.5, 0.6) is 0 Å². The van der Waals surface area contributed by atoms with Crippen LogP contribution in [0, 0.1) is 0 Å². The summed E-state index contributed by atoms with van der Waals surface area (Å²) >= 11 is 5.27. The zero-order valence-corrected chi connectivity index (χ0v) is 21.2. The lowest BCUT2D eigenvalue weighted by Crippen LogP contribution is -2.34. The predicted molar refractivity (Wildman–Crippen MR) is 146 cm³/mol. The van der Waals surface area contributed by atoms with E-state index in [0.717, 1.165) is 18.5 Å². The number of amides is 2. The molecule has 0 spiro atoms. The summed E-state index contributed by atoms with van der Waals surface area (Å²) < 4.78 is 0. The Morgan fingerprint density at radius 1 is 0.706 bits per heavy atom. The Morgan fingerprint density at radius 2 is 1.29 bits per heavy atom. The maximum Gasteiger partial charge on any atom is 0.255 e. The molecule has 6 heteroatoms. The summed E-state index contributed by atoms with van der Waals surface area (Å²) in [6.07, 6.45) is 14.2. The van der Waals surface area contributed by atoms with Gasteiger partial charge in [0.25, 0.3) is 5.91 Å². The van der Waals surface area contributed by atoms with Gasteiger partial charge in [-0.1, -0.05) is 95.4 Å². The first-order valence-electron chi connectivity index (χ1n) is 12.7. The van der Waals surface area contributed by atoms with E-state index in [4.69, 9.17) is 12.2 Å². The molecule has 0 aliphatic rings. The number of unbranched alkanes of at least 4 members (excludes halogenated alkanes) is 10. The number of para-hydroxylation sites is 1. The van der Waals surface area contributed by atoms with Crippen molar-refractivity contribution >= 4 is 40.5 Å². The normalized spacial score (nSPS) is 10.5. The molecule has 0 unspecified atom stereocenters. The number of hydrogen-bond donors (Lipinski definition) is 3. The molecule has 0 bridgehead atoms. The van der Waals surface area contributed by atoms with E-state index in [0.29, 0.717) is 17.7 Å². The highest BCUT2D eigenvalue weighted by Crippen LogP contribution is 2.14. The van der Waals surface area contributed by atoms with E-state index in [9.17, 15) is 9.59 Å². The van der Waals surface area contributed by atoms with E-state index in [1.807, 2.05) is 36.4 Å². The standard InChI is InChI=1S/C28H39N3O2S/c1-2-3-4-5-6-7-8-9-10-11-15-21-26(32)31-28(34)30-25-20-16-17-23(22-25)27(33)29-24-18-13-12-14-19-24/h12-14,16-20,22H,2-11,15,21H2,1H3,(H,29,33)(H2,30,31,32,34). The van der Waals surface area contributed by atoms with Crippen molar-refractivity contribution in [2.75, 3.05) is 10.6 Å². The molecule has 0 radical (unpaired) electrons. The molecule has 184 valence electrons. The van der Waals surface area contributed by atoms with Crippen LogP contribution in [-0.2, 0) is 4.79 Å². The molecule has 34 heavy (non-hydrogen) atoms. The van der Waals surface area contributed by atoms with E-state index in [-0.39, 0.29) is 16.9 Å². The molecule has 5 nitrogen and oxygen atoms in total. The van der Waals surface area contributed by atoms with Crippen LogP contribution in [0.15, 0.2) is 54.6 Å². The predicted octanol–water partition coefficient (Wildman–Crippen LogP) is 7.45. The highest BCUT2D eigenvalue weighted by atomic mass is 32.1. The summed E-state index contributed by atoms with van der Waals surface area (Å²) in [4.78, 5) is 24.7. The van der Waals surface area contributed by atoms with E-state index in [1.165, 1.54) is 57.8 Å². The van der Waals surface area contributed by atoms with E-state index >= 15 is 0 Å². The number of rotatable bonds is 15. The summed E-state index contributed by atoms with van der Waals surface area (Å²) in [6, 6.07) is 16.3. The van der Waals surface area contributed by atoms with Gasteiger partial charge >= 0.3 is 0 Å². The van der Waals surface area contributed by atoms with Crippen molar-refractivity contribution in [1.29, 1.82) is 0 Å². The van der Waals surface area contributed by atoms with Crippen molar-refractivity contribution in [3.63, 3.8) is 0 Å². The van der Waals surface area contributed by atoms with Crippen molar-refractivity contribution in [3.05, 3.63) is 60.2 Å². The van der Waals surface area contributed by atoms with Gasteiger partial charge in [0.1, 0.15) is 0 Å². The molecule has 2 aromatic rings. The molecule has 2 amide bonds. The molecular formula is C28H39N3O2S. The fraction of sp³-hybridized carbons (Fsp3) is 0.464. The van der Waals surface area contributed by atoms with Gasteiger partial charge in [-0.05, 0) is 49.0 Å². The molecule has 0 fully saturated rings. The highest BCUT2D eigenvalue weighted by molar-refractivity contribution is 7.80. The zero-order chi connectivity index (χ0) is 24.4. The Morgan fingerprint density at radius 3 is 1.94 bits per heavy atom. The molecule has 0 heterocycles. The second-order valence-corrected chi connectivity index (χ2v) is 9.10. The number of carbonyl (C=O) groups excluding carboxylic acids is 2. The fourth-order valence-corrected chi connectivity index (χ4v) is 4.00. The van der Waals surface area contributed by atoms with E-state index in [1.54, 1.807) is 18.2 Å². The molecule has 0 atom stereocenters. The molecule has 3 N–H and O–H groups in total. The zero-order valence-electron chi connectivity index (χ0n) is 20.4. The summed E-state index contributed by atoms with van der Waals surface area (Å²) in [5.74, 6) is -0.285. The van der Waals surface area contributed by atoms with Gasteiger partial charge in [0.2, 0.25) is 5.91 Å². The number of carbonyl (C=O) groups is 2. The Balaban J connectivity index is 1.60. The number of thiocarbonyl (C=S) groups is 1. The molecule has 0 saturated carbocycles. The fourth-order valence-electron chi connectivity index (χ4n) is 3.76. The summed E-state index contributed by atoms with van der Waals surface area (Å²) in [6.45, 7) is 2.25. The average molecular weight is 482 g/mol. The Kier molecular flexibility index (Phi) is 13.6. The van der Waals surface area contributed by atoms with Crippen LogP contribution in [0.1, 0.15) is 94.3 Å². The lowest BCUT2D eigenvalue weighted by molar-refractivity contribution is -0.119. The van der Waals surface area contributed by atoms with Gasteiger partial charge in [-0.2, -0.15) is 0 Å². The Hall–Kier alpha value is -2.73. The van der Waals surface area contributed by atoms with Gasteiger partial charge in [-0.3, -0.25) is 9.59 Å². The quantitative estimate of drug-likeness (QED) is 0.182. The van der Waals surface area contributed by atoms with E-state index in [2.05, 4.69) is 22.9 Å². The summed E-state index contributed by atoms with van der Waals surface area (Å²) in [5, 5.41) is 8.83. The first-order chi connectivity index (χ1) is 16.6. The summed E-state index contributed by atoms with van der Waals surface area (Å²) in [7, 11) is 0. The largest absolute Gasteiger partial charge is 0.332 e. The number of anilines is 2. The topological polar surface area (TPSA) is 70.2 Å². The molecule has 2 aromatic carbocycles. The van der Waals surface area contributed by atoms with Crippen molar-refractivity contribution in [2.24, 2.45) is 0 Å². The maximum atomic E-state index is 12.5. The first kappa shape index (κ1) is 27.5. The molecular weight excluding hydrogens is 442 g/mol. The highest BCUT2D eigenvalue weighted by Gasteiger charge is 2.09. The van der Waals surface area contributed by atoms with Crippen molar-refractivity contribution in [2.45, 2.75) is 84.0 Å². The van der Waals surface area contributed by atoms with Gasteiger partial charge in [-0.15, -0.1) is 0 Å². The third-order valence-corrected chi connectivity index (χ3v) is 5.88. The van der Waals surface area contributed by atoms with Gasteiger partial charge in [-0.25, -0.2) is 0 Å². The second kappa shape index (κ2) is 16.8. The van der Waals surface area contributed by atoms with Gasteiger partial charge < -0.3 is 16.0 Å². The van der Waals surface area contributed by atoms with Crippen molar-refractivity contribution in [3.8, 4) is 0 Å². The molecule has 0 aliphatic carbocycles. The van der Waals surface area contributed by atoms with Gasteiger partial charge in [0.05, 0.1) is 0 Å². The summed E-state index contributed by atoms with van der Waals surface area (Å²) in [5.41, 5.74) is 1.89. The minimum absolute atomic E-state index is 0.0774. The minimum atomic E-state index is -0.207. The van der Waals surface area contributed by atoms with E-state index < -0.39 is 0 Å². The van der Waals surface area contributed by atoms with Crippen LogP contribution in [0.4, 0.5) is 11.4 Å². The average Bonchev–Trinajstić information content (AvgIpc) is 2.83. The van der Waals surface area contributed by atoms with Crippen LogP contribution in [0.25, 0.3) is 0 Å². The Labute approximate surface area is 210 Å². The Bertz CT molecular complexity index is 886. The van der Waals surface area contributed by atoms with Crippen LogP contribution in [0.3, 0.4) is 0 Å². The van der Waals surface area contributed by atoms with Crippen LogP contribution in [-0.4, -0.2) is 16.9 Å². The second-order valence-electron chi connectivity index (χ2n) is 8.69. The van der Waals surface area contributed by atoms with Gasteiger partial charge in [0, 0.05) is 23.4 Å². The first-order valence-corrected chi connectivity index (χ1v) is 13.1. The van der Waals surface area contributed by atoms with Crippen molar-refractivity contribution < 1.29 is 9.59 Å². The molecule has 0 saturated heterocycles. The lowest BCUT2D eigenvalue weighted by atomic mass is 10.1. The minimum Gasteiger partial charge on any atom is -0.332 e. The lowest BCUT2D eigenvalue weighted by Gasteiger charge is -2.11. The van der Waals surface area contributed by atoms with Crippen LogP contribution in [0.2, 0.25) is 0 Å². The maximum absolute atomic E-state index is 12.5. The van der Waals surface area contributed by atoms with Crippen molar-refractivity contribution in [1.82, 2.24) is 5.32 Å². The molecule has 2 rings (SSSR count). The monoisotopic (exact) mass is 481 g/mol. The smallest absolute Gasteiger partial charge is 0.255 e. The van der Waals surface area contributed by atoms with Crippen LogP contribution >= 0.6 is 12.2 Å². The SMILES string of the molecule is CCCCCCCCCCCCCC(=O)NC(=S)Nc1cccc(C(=O)Nc2ccccc2)c1. The van der Waals surface area contributed by atoms with Gasteiger partial charge in [0.15, 0.2) is 5.11 Å². The molecule has 0 aliphatic heterocycles. The third kappa shape index (κ3) is 11.9.